The van der Waals surface area contributed by atoms with E-state index in [1.807, 2.05) is 0 Å². The molecule has 1 heterocycles. The van der Waals surface area contributed by atoms with Crippen LogP contribution < -0.4 is 5.32 Å². The zero-order chi connectivity index (χ0) is 11.4. The lowest BCUT2D eigenvalue weighted by Gasteiger charge is -2.34. The van der Waals surface area contributed by atoms with Crippen molar-refractivity contribution in [3.63, 3.8) is 0 Å². The molecular formula is C12H20N2OS. The third kappa shape index (κ3) is 3.01. The van der Waals surface area contributed by atoms with Crippen LogP contribution in [0.2, 0.25) is 0 Å². The van der Waals surface area contributed by atoms with Crippen molar-refractivity contribution in [2.24, 2.45) is 5.92 Å². The van der Waals surface area contributed by atoms with E-state index in [4.69, 9.17) is 4.42 Å². The summed E-state index contributed by atoms with van der Waals surface area (Å²) in [7, 11) is 0. The van der Waals surface area contributed by atoms with Crippen molar-refractivity contribution in [1.82, 2.24) is 10.3 Å². The van der Waals surface area contributed by atoms with Crippen LogP contribution in [0.1, 0.15) is 33.1 Å². The van der Waals surface area contributed by atoms with Gasteiger partial charge in [0.2, 0.25) is 0 Å². The average Bonchev–Trinajstić information content (AvgIpc) is 2.75. The molecule has 3 atom stereocenters. The zero-order valence-corrected chi connectivity index (χ0v) is 10.8. The van der Waals surface area contributed by atoms with Crippen LogP contribution in [-0.2, 0) is 0 Å². The number of hydrogen-bond acceptors (Lipinski definition) is 4. The predicted molar refractivity (Wildman–Crippen MR) is 66.6 cm³/mol. The van der Waals surface area contributed by atoms with Crippen LogP contribution in [0.25, 0.3) is 0 Å². The molecule has 90 valence electrons. The summed E-state index contributed by atoms with van der Waals surface area (Å²) in [6.07, 6.45) is 7.23. The Kier molecular flexibility index (Phi) is 4.29. The molecule has 1 saturated carbocycles. The van der Waals surface area contributed by atoms with Gasteiger partial charge in [-0.15, -0.1) is 0 Å². The van der Waals surface area contributed by atoms with Gasteiger partial charge >= 0.3 is 0 Å². The SMILES string of the molecule is CCNC1CCC(C)CC1Sc1ncco1. The zero-order valence-electron chi connectivity index (χ0n) is 9.98. The molecule has 2 rings (SSSR count). The third-order valence-corrected chi connectivity index (χ3v) is 4.41. The molecule has 16 heavy (non-hydrogen) atoms. The van der Waals surface area contributed by atoms with Gasteiger partial charge in [-0.3, -0.25) is 0 Å². The molecule has 0 spiro atoms. The van der Waals surface area contributed by atoms with E-state index in [0.29, 0.717) is 11.3 Å². The summed E-state index contributed by atoms with van der Waals surface area (Å²) in [4.78, 5) is 4.20. The second kappa shape index (κ2) is 5.73. The van der Waals surface area contributed by atoms with E-state index in [1.165, 1.54) is 19.3 Å². The van der Waals surface area contributed by atoms with Crippen LogP contribution in [0.15, 0.2) is 22.1 Å². The first-order valence-electron chi connectivity index (χ1n) is 6.09. The van der Waals surface area contributed by atoms with Crippen LogP contribution >= 0.6 is 11.8 Å². The quantitative estimate of drug-likeness (QED) is 0.878. The molecule has 1 aliphatic rings. The second-order valence-electron chi connectivity index (χ2n) is 4.54. The molecule has 3 unspecified atom stereocenters. The summed E-state index contributed by atoms with van der Waals surface area (Å²) in [6.45, 7) is 5.55. The highest BCUT2D eigenvalue weighted by molar-refractivity contribution is 7.99. The van der Waals surface area contributed by atoms with Crippen LogP contribution in [0.5, 0.6) is 0 Å². The minimum Gasteiger partial charge on any atom is -0.440 e. The number of thioether (sulfide) groups is 1. The van der Waals surface area contributed by atoms with Crippen molar-refractivity contribution < 1.29 is 4.42 Å². The number of nitrogens with zero attached hydrogens (tertiary/aromatic N) is 1. The first-order chi connectivity index (χ1) is 7.79. The van der Waals surface area contributed by atoms with E-state index < -0.39 is 0 Å². The van der Waals surface area contributed by atoms with E-state index in [9.17, 15) is 0 Å². The van der Waals surface area contributed by atoms with Gasteiger partial charge in [-0.1, -0.05) is 25.6 Å². The fraction of sp³-hybridized carbons (Fsp3) is 0.750. The molecule has 3 nitrogen and oxygen atoms in total. The molecule has 1 fully saturated rings. The Labute approximate surface area is 101 Å². The molecule has 1 aromatic heterocycles. The highest BCUT2D eigenvalue weighted by Crippen LogP contribution is 2.35. The number of aromatic nitrogens is 1. The van der Waals surface area contributed by atoms with Crippen LogP contribution in [0.4, 0.5) is 0 Å². The molecule has 1 aliphatic carbocycles. The number of rotatable bonds is 4. The lowest BCUT2D eigenvalue weighted by Crippen LogP contribution is -2.42. The molecule has 4 heteroatoms. The Morgan fingerprint density at radius 2 is 2.44 bits per heavy atom. The molecule has 0 aliphatic heterocycles. The van der Waals surface area contributed by atoms with E-state index >= 15 is 0 Å². The summed E-state index contributed by atoms with van der Waals surface area (Å²) in [5.41, 5.74) is 0. The van der Waals surface area contributed by atoms with E-state index in [1.54, 1.807) is 24.2 Å². The summed E-state index contributed by atoms with van der Waals surface area (Å²) < 4.78 is 5.32. The van der Waals surface area contributed by atoms with E-state index in [-0.39, 0.29) is 0 Å². The Morgan fingerprint density at radius 1 is 1.56 bits per heavy atom. The standard InChI is InChI=1S/C12H20N2OS/c1-3-13-10-5-4-9(2)8-11(10)16-12-14-6-7-15-12/h6-7,9-11,13H,3-5,8H2,1-2H3. The van der Waals surface area contributed by atoms with Gasteiger partial charge in [0.05, 0.1) is 6.20 Å². The lowest BCUT2D eigenvalue weighted by molar-refractivity contribution is 0.318. The predicted octanol–water partition coefficient (Wildman–Crippen LogP) is 2.93. The number of hydrogen-bond donors (Lipinski definition) is 1. The minimum absolute atomic E-state index is 0.599. The Bertz CT molecular complexity index is 302. The summed E-state index contributed by atoms with van der Waals surface area (Å²) in [5.74, 6) is 0.822. The first kappa shape index (κ1) is 12.0. The summed E-state index contributed by atoms with van der Waals surface area (Å²) >= 11 is 1.78. The summed E-state index contributed by atoms with van der Waals surface area (Å²) in [5, 5.41) is 4.98. The maximum Gasteiger partial charge on any atom is 0.255 e. The van der Waals surface area contributed by atoms with Crippen molar-refractivity contribution >= 4 is 11.8 Å². The van der Waals surface area contributed by atoms with Gasteiger partial charge < -0.3 is 9.73 Å². The molecule has 0 aromatic carbocycles. The van der Waals surface area contributed by atoms with E-state index in [2.05, 4.69) is 24.1 Å². The maximum atomic E-state index is 5.32. The van der Waals surface area contributed by atoms with Crippen LogP contribution in [-0.4, -0.2) is 22.8 Å². The maximum absolute atomic E-state index is 5.32. The Balaban J connectivity index is 1.96. The molecule has 1 aromatic rings. The topological polar surface area (TPSA) is 38.1 Å². The first-order valence-corrected chi connectivity index (χ1v) is 6.97. The van der Waals surface area contributed by atoms with Crippen molar-refractivity contribution in [1.29, 1.82) is 0 Å². The monoisotopic (exact) mass is 240 g/mol. The highest BCUT2D eigenvalue weighted by atomic mass is 32.2. The second-order valence-corrected chi connectivity index (χ2v) is 5.73. The van der Waals surface area contributed by atoms with Gasteiger partial charge in [0, 0.05) is 11.3 Å². The van der Waals surface area contributed by atoms with Crippen LogP contribution in [0.3, 0.4) is 0 Å². The van der Waals surface area contributed by atoms with Gasteiger partial charge in [0.25, 0.3) is 5.22 Å². The number of nitrogens with one attached hydrogen (secondary N) is 1. The molecule has 0 amide bonds. The highest BCUT2D eigenvalue weighted by Gasteiger charge is 2.29. The normalized spacial score (nSPS) is 30.5. The average molecular weight is 240 g/mol. The van der Waals surface area contributed by atoms with Gasteiger partial charge in [0.1, 0.15) is 6.26 Å². The number of oxazole rings is 1. The lowest BCUT2D eigenvalue weighted by atomic mass is 9.87. The minimum atomic E-state index is 0.599. The Hall–Kier alpha value is -0.480. The molecule has 0 bridgehead atoms. The molecule has 1 N–H and O–H groups in total. The fourth-order valence-electron chi connectivity index (χ4n) is 2.35. The largest absolute Gasteiger partial charge is 0.440 e. The van der Waals surface area contributed by atoms with Gasteiger partial charge in [-0.2, -0.15) is 0 Å². The molecule has 0 saturated heterocycles. The summed E-state index contributed by atoms with van der Waals surface area (Å²) in [6, 6.07) is 0.609. The van der Waals surface area contributed by atoms with Gasteiger partial charge in [-0.05, 0) is 31.7 Å². The van der Waals surface area contributed by atoms with Crippen molar-refractivity contribution in [2.45, 2.75) is 49.6 Å². The van der Waals surface area contributed by atoms with Crippen molar-refractivity contribution in [3.05, 3.63) is 12.5 Å². The Morgan fingerprint density at radius 3 is 3.12 bits per heavy atom. The van der Waals surface area contributed by atoms with Gasteiger partial charge in [0.15, 0.2) is 0 Å². The van der Waals surface area contributed by atoms with Crippen LogP contribution in [0, 0.1) is 5.92 Å². The van der Waals surface area contributed by atoms with Gasteiger partial charge in [-0.25, -0.2) is 4.98 Å². The molecular weight excluding hydrogens is 220 g/mol. The van der Waals surface area contributed by atoms with Crippen molar-refractivity contribution in [2.75, 3.05) is 6.54 Å². The fourth-order valence-corrected chi connectivity index (χ4v) is 3.67. The van der Waals surface area contributed by atoms with Crippen molar-refractivity contribution in [3.8, 4) is 0 Å². The van der Waals surface area contributed by atoms with E-state index in [0.717, 1.165) is 17.7 Å². The smallest absolute Gasteiger partial charge is 0.255 e. The third-order valence-electron chi connectivity index (χ3n) is 3.18. The molecule has 0 radical (unpaired) electrons.